The third-order valence-electron chi connectivity index (χ3n) is 4.28. The lowest BCUT2D eigenvalue weighted by Crippen LogP contribution is -2.60. The molecule has 0 bridgehead atoms. The SMILES string of the molecule is CC[C@@H]1NC(=O)[C@@H]2C[C@H](NC(=O)Nc3ccccc3)CN2C1=O. The number of nitrogens with one attached hydrogen (secondary N) is 3. The molecule has 2 saturated heterocycles. The van der Waals surface area contributed by atoms with Gasteiger partial charge in [-0.25, -0.2) is 4.79 Å². The van der Waals surface area contributed by atoms with Gasteiger partial charge in [-0.05, 0) is 25.0 Å². The molecule has 0 radical (unpaired) electrons. The number of rotatable bonds is 3. The minimum absolute atomic E-state index is 0.0649. The Morgan fingerprint density at radius 3 is 2.74 bits per heavy atom. The second-order valence-corrected chi connectivity index (χ2v) is 5.87. The van der Waals surface area contributed by atoms with E-state index in [0.717, 1.165) is 0 Å². The Labute approximate surface area is 134 Å². The van der Waals surface area contributed by atoms with Crippen molar-refractivity contribution in [2.75, 3.05) is 11.9 Å². The molecule has 0 aromatic heterocycles. The first kappa shape index (κ1) is 15.3. The zero-order chi connectivity index (χ0) is 16.4. The average molecular weight is 316 g/mol. The fourth-order valence-corrected chi connectivity index (χ4v) is 3.11. The Kier molecular flexibility index (Phi) is 4.18. The third kappa shape index (κ3) is 3.13. The largest absolute Gasteiger partial charge is 0.343 e. The van der Waals surface area contributed by atoms with Gasteiger partial charge in [0, 0.05) is 12.2 Å². The molecule has 2 aliphatic heterocycles. The van der Waals surface area contributed by atoms with Crippen LogP contribution >= 0.6 is 0 Å². The number of carbonyl (C=O) groups excluding carboxylic acids is 3. The lowest BCUT2D eigenvalue weighted by molar-refractivity contribution is -0.147. The monoisotopic (exact) mass is 316 g/mol. The van der Waals surface area contributed by atoms with Crippen molar-refractivity contribution in [3.05, 3.63) is 30.3 Å². The van der Waals surface area contributed by atoms with E-state index in [1.165, 1.54) is 0 Å². The van der Waals surface area contributed by atoms with Crippen molar-refractivity contribution in [3.63, 3.8) is 0 Å². The highest BCUT2D eigenvalue weighted by Gasteiger charge is 2.46. The molecule has 4 amide bonds. The fourth-order valence-electron chi connectivity index (χ4n) is 3.11. The van der Waals surface area contributed by atoms with Gasteiger partial charge in [-0.1, -0.05) is 25.1 Å². The zero-order valence-electron chi connectivity index (χ0n) is 12.9. The predicted octanol–water partition coefficient (Wildman–Crippen LogP) is 0.686. The van der Waals surface area contributed by atoms with Crippen LogP contribution < -0.4 is 16.0 Å². The van der Waals surface area contributed by atoms with Gasteiger partial charge in [-0.15, -0.1) is 0 Å². The van der Waals surface area contributed by atoms with Crippen LogP contribution in [0, 0.1) is 0 Å². The highest BCUT2D eigenvalue weighted by atomic mass is 16.2. The summed E-state index contributed by atoms with van der Waals surface area (Å²) in [6.07, 6.45) is 1.01. The molecule has 0 spiro atoms. The van der Waals surface area contributed by atoms with Gasteiger partial charge in [-0.2, -0.15) is 0 Å². The second-order valence-electron chi connectivity index (χ2n) is 5.87. The predicted molar refractivity (Wildman–Crippen MR) is 84.7 cm³/mol. The van der Waals surface area contributed by atoms with Gasteiger partial charge in [-0.3, -0.25) is 9.59 Å². The first-order valence-electron chi connectivity index (χ1n) is 7.82. The quantitative estimate of drug-likeness (QED) is 0.766. The molecule has 7 heteroatoms. The number of fused-ring (bicyclic) bond motifs is 1. The molecule has 7 nitrogen and oxygen atoms in total. The number of para-hydroxylation sites is 1. The lowest BCUT2D eigenvalue weighted by atomic mass is 10.1. The van der Waals surface area contributed by atoms with Crippen LogP contribution in [0.4, 0.5) is 10.5 Å². The van der Waals surface area contributed by atoms with E-state index in [0.29, 0.717) is 25.1 Å². The molecular formula is C16H20N4O3. The molecule has 3 atom stereocenters. The molecule has 1 aromatic carbocycles. The van der Waals surface area contributed by atoms with E-state index in [9.17, 15) is 14.4 Å². The Morgan fingerprint density at radius 2 is 2.04 bits per heavy atom. The van der Waals surface area contributed by atoms with E-state index in [1.54, 1.807) is 17.0 Å². The van der Waals surface area contributed by atoms with Crippen molar-refractivity contribution in [1.82, 2.24) is 15.5 Å². The zero-order valence-corrected chi connectivity index (χ0v) is 12.9. The summed E-state index contributed by atoms with van der Waals surface area (Å²) < 4.78 is 0. The molecule has 2 fully saturated rings. The number of carbonyl (C=O) groups is 3. The summed E-state index contributed by atoms with van der Waals surface area (Å²) in [5.41, 5.74) is 0.695. The normalized spacial score (nSPS) is 26.5. The first-order valence-corrected chi connectivity index (χ1v) is 7.82. The number of hydrogen-bond donors (Lipinski definition) is 3. The maximum atomic E-state index is 12.3. The van der Waals surface area contributed by atoms with E-state index in [2.05, 4.69) is 16.0 Å². The van der Waals surface area contributed by atoms with Gasteiger partial charge in [0.05, 0.1) is 6.04 Å². The van der Waals surface area contributed by atoms with E-state index < -0.39 is 12.1 Å². The van der Waals surface area contributed by atoms with Gasteiger partial charge in [0.25, 0.3) is 0 Å². The second kappa shape index (κ2) is 6.28. The van der Waals surface area contributed by atoms with Crippen molar-refractivity contribution in [1.29, 1.82) is 0 Å². The summed E-state index contributed by atoms with van der Waals surface area (Å²) in [5.74, 6) is -0.200. The van der Waals surface area contributed by atoms with Crippen molar-refractivity contribution in [2.24, 2.45) is 0 Å². The first-order chi connectivity index (χ1) is 11.1. The van der Waals surface area contributed by atoms with Crippen LogP contribution in [0.2, 0.25) is 0 Å². The Balaban J connectivity index is 1.60. The van der Waals surface area contributed by atoms with Crippen molar-refractivity contribution in [2.45, 2.75) is 37.9 Å². The molecule has 3 N–H and O–H groups in total. The molecule has 1 aromatic rings. The van der Waals surface area contributed by atoms with Gasteiger partial charge >= 0.3 is 6.03 Å². The average Bonchev–Trinajstić information content (AvgIpc) is 2.96. The van der Waals surface area contributed by atoms with Crippen LogP contribution in [-0.4, -0.2) is 47.4 Å². The molecule has 2 aliphatic rings. The van der Waals surface area contributed by atoms with Crippen LogP contribution in [0.3, 0.4) is 0 Å². The number of amides is 4. The topological polar surface area (TPSA) is 90.5 Å². The molecule has 3 rings (SSSR count). The van der Waals surface area contributed by atoms with Crippen molar-refractivity contribution >= 4 is 23.5 Å². The highest BCUT2D eigenvalue weighted by Crippen LogP contribution is 2.23. The third-order valence-corrected chi connectivity index (χ3v) is 4.28. The molecule has 0 aliphatic carbocycles. The standard InChI is InChI=1S/C16H20N4O3/c1-2-12-15(22)20-9-11(8-13(20)14(21)19-12)18-16(23)17-10-6-4-3-5-7-10/h3-7,11-13H,2,8-9H2,1H3,(H,19,21)(H2,17,18,23)/t11-,12-,13-/m0/s1. The summed E-state index contributed by atoms with van der Waals surface area (Å²) in [4.78, 5) is 38.0. The molecular weight excluding hydrogens is 296 g/mol. The van der Waals surface area contributed by atoms with Crippen LogP contribution in [0.1, 0.15) is 19.8 Å². The molecule has 23 heavy (non-hydrogen) atoms. The van der Waals surface area contributed by atoms with Crippen LogP contribution in [0.5, 0.6) is 0 Å². The fraction of sp³-hybridized carbons (Fsp3) is 0.438. The van der Waals surface area contributed by atoms with E-state index >= 15 is 0 Å². The Hall–Kier alpha value is -2.57. The van der Waals surface area contributed by atoms with Gasteiger partial charge in [0.1, 0.15) is 12.1 Å². The molecule has 0 saturated carbocycles. The maximum absolute atomic E-state index is 12.3. The van der Waals surface area contributed by atoms with Crippen molar-refractivity contribution < 1.29 is 14.4 Å². The summed E-state index contributed by atoms with van der Waals surface area (Å²) in [5, 5.41) is 8.31. The van der Waals surface area contributed by atoms with Gasteiger partial charge in [0.15, 0.2) is 0 Å². The number of hydrogen-bond acceptors (Lipinski definition) is 3. The molecule has 0 unspecified atom stereocenters. The molecule has 2 heterocycles. The smallest absolute Gasteiger partial charge is 0.319 e. The number of benzene rings is 1. The summed E-state index contributed by atoms with van der Waals surface area (Å²) in [7, 11) is 0. The van der Waals surface area contributed by atoms with E-state index in [1.807, 2.05) is 25.1 Å². The van der Waals surface area contributed by atoms with Crippen molar-refractivity contribution in [3.8, 4) is 0 Å². The minimum Gasteiger partial charge on any atom is -0.343 e. The molecule has 122 valence electrons. The number of piperazine rings is 1. The van der Waals surface area contributed by atoms with Crippen LogP contribution in [0.25, 0.3) is 0 Å². The lowest BCUT2D eigenvalue weighted by Gasteiger charge is -2.33. The van der Waals surface area contributed by atoms with Crippen LogP contribution in [0.15, 0.2) is 30.3 Å². The van der Waals surface area contributed by atoms with Gasteiger partial charge in [0.2, 0.25) is 11.8 Å². The minimum atomic E-state index is -0.479. The summed E-state index contributed by atoms with van der Waals surface area (Å²) in [6.45, 7) is 2.23. The number of anilines is 1. The number of nitrogens with zero attached hydrogens (tertiary/aromatic N) is 1. The Morgan fingerprint density at radius 1 is 1.30 bits per heavy atom. The summed E-state index contributed by atoms with van der Waals surface area (Å²) >= 11 is 0. The van der Waals surface area contributed by atoms with Gasteiger partial charge < -0.3 is 20.9 Å². The number of urea groups is 1. The van der Waals surface area contributed by atoms with E-state index in [-0.39, 0.29) is 23.9 Å². The van der Waals surface area contributed by atoms with E-state index in [4.69, 9.17) is 0 Å². The van der Waals surface area contributed by atoms with Crippen LogP contribution in [-0.2, 0) is 9.59 Å². The highest BCUT2D eigenvalue weighted by molar-refractivity contribution is 5.97. The Bertz CT molecular complexity index is 619. The summed E-state index contributed by atoms with van der Waals surface area (Å²) in [6, 6.07) is 7.63. The maximum Gasteiger partial charge on any atom is 0.319 e.